The van der Waals surface area contributed by atoms with E-state index in [0.29, 0.717) is 30.4 Å². The Morgan fingerprint density at radius 3 is 2.86 bits per heavy atom. The number of hydrogen-bond acceptors (Lipinski definition) is 4. The van der Waals surface area contributed by atoms with Crippen molar-refractivity contribution in [1.29, 1.82) is 0 Å². The summed E-state index contributed by atoms with van der Waals surface area (Å²) in [7, 11) is 1.59. The zero-order valence-electron chi connectivity index (χ0n) is 12.8. The first kappa shape index (κ1) is 15.8. The van der Waals surface area contributed by atoms with Crippen molar-refractivity contribution in [2.24, 2.45) is 4.99 Å². The highest BCUT2D eigenvalue weighted by molar-refractivity contribution is 5.79. The van der Waals surface area contributed by atoms with Gasteiger partial charge in [0.05, 0.1) is 26.5 Å². The number of phenols is 1. The van der Waals surface area contributed by atoms with E-state index in [2.05, 4.69) is 15.6 Å². The SMILES string of the molecule is CCNC(=NCc1cc(OC)ccc1O)NCc1ccco1. The molecular formula is C16H21N3O3. The molecule has 1 heterocycles. The highest BCUT2D eigenvalue weighted by Crippen LogP contribution is 2.23. The molecule has 6 heteroatoms. The Kier molecular flexibility index (Phi) is 5.71. The van der Waals surface area contributed by atoms with Crippen LogP contribution in [0.15, 0.2) is 46.0 Å². The quantitative estimate of drug-likeness (QED) is 0.563. The first-order valence-corrected chi connectivity index (χ1v) is 7.13. The molecule has 0 bridgehead atoms. The lowest BCUT2D eigenvalue weighted by molar-refractivity contribution is 0.411. The van der Waals surface area contributed by atoms with Crippen molar-refractivity contribution in [1.82, 2.24) is 10.6 Å². The number of nitrogens with zero attached hydrogens (tertiary/aromatic N) is 1. The van der Waals surface area contributed by atoms with Gasteiger partial charge in [0.15, 0.2) is 5.96 Å². The topological polar surface area (TPSA) is 79.0 Å². The lowest BCUT2D eigenvalue weighted by Crippen LogP contribution is -2.36. The van der Waals surface area contributed by atoms with Crippen molar-refractivity contribution in [3.05, 3.63) is 47.9 Å². The number of guanidine groups is 1. The molecule has 0 amide bonds. The molecule has 0 fully saturated rings. The van der Waals surface area contributed by atoms with E-state index in [-0.39, 0.29) is 5.75 Å². The lowest BCUT2D eigenvalue weighted by Gasteiger charge is -2.11. The van der Waals surface area contributed by atoms with Gasteiger partial charge in [0, 0.05) is 12.1 Å². The third kappa shape index (κ3) is 4.44. The summed E-state index contributed by atoms with van der Waals surface area (Å²) in [5.41, 5.74) is 0.703. The summed E-state index contributed by atoms with van der Waals surface area (Å²) < 4.78 is 10.4. The molecule has 0 aliphatic heterocycles. The molecule has 0 radical (unpaired) electrons. The van der Waals surface area contributed by atoms with E-state index < -0.39 is 0 Å². The number of aromatic hydroxyl groups is 1. The Labute approximate surface area is 129 Å². The number of aliphatic imine (C=N–C) groups is 1. The summed E-state index contributed by atoms with van der Waals surface area (Å²) in [4.78, 5) is 4.46. The largest absolute Gasteiger partial charge is 0.508 e. The van der Waals surface area contributed by atoms with E-state index in [4.69, 9.17) is 9.15 Å². The Hall–Kier alpha value is -2.63. The van der Waals surface area contributed by atoms with Crippen LogP contribution in [0.4, 0.5) is 0 Å². The number of furan rings is 1. The fraction of sp³-hybridized carbons (Fsp3) is 0.312. The van der Waals surface area contributed by atoms with Crippen LogP contribution >= 0.6 is 0 Å². The minimum Gasteiger partial charge on any atom is -0.508 e. The van der Waals surface area contributed by atoms with Gasteiger partial charge in [0.2, 0.25) is 0 Å². The first-order valence-electron chi connectivity index (χ1n) is 7.13. The van der Waals surface area contributed by atoms with Gasteiger partial charge in [-0.05, 0) is 37.3 Å². The second-order valence-electron chi connectivity index (χ2n) is 4.62. The van der Waals surface area contributed by atoms with Gasteiger partial charge in [-0.15, -0.1) is 0 Å². The molecule has 1 aromatic carbocycles. The van der Waals surface area contributed by atoms with Gasteiger partial charge in [-0.25, -0.2) is 4.99 Å². The number of rotatable bonds is 6. The first-order chi connectivity index (χ1) is 10.7. The minimum atomic E-state index is 0.200. The smallest absolute Gasteiger partial charge is 0.191 e. The Bertz CT molecular complexity index is 609. The second-order valence-corrected chi connectivity index (χ2v) is 4.62. The predicted molar refractivity (Wildman–Crippen MR) is 85.0 cm³/mol. The molecule has 0 aliphatic rings. The fourth-order valence-electron chi connectivity index (χ4n) is 1.91. The summed E-state index contributed by atoms with van der Waals surface area (Å²) in [6.45, 7) is 3.63. The average molecular weight is 303 g/mol. The van der Waals surface area contributed by atoms with Crippen LogP contribution in [0.3, 0.4) is 0 Å². The van der Waals surface area contributed by atoms with Crippen molar-refractivity contribution >= 4 is 5.96 Å². The van der Waals surface area contributed by atoms with Crippen molar-refractivity contribution < 1.29 is 14.3 Å². The molecule has 3 N–H and O–H groups in total. The number of benzene rings is 1. The molecule has 1 aromatic heterocycles. The van der Waals surface area contributed by atoms with Crippen LogP contribution in [0.25, 0.3) is 0 Å². The van der Waals surface area contributed by atoms with Gasteiger partial charge in [-0.1, -0.05) is 0 Å². The Balaban J connectivity index is 2.02. The fourth-order valence-corrected chi connectivity index (χ4v) is 1.91. The maximum absolute atomic E-state index is 9.87. The van der Waals surface area contributed by atoms with Gasteiger partial charge >= 0.3 is 0 Å². The predicted octanol–water partition coefficient (Wildman–Crippen LogP) is 2.25. The molecule has 0 saturated carbocycles. The summed E-state index contributed by atoms with van der Waals surface area (Å²) in [6.07, 6.45) is 1.63. The normalized spacial score (nSPS) is 11.3. The van der Waals surface area contributed by atoms with E-state index in [1.54, 1.807) is 31.6 Å². The van der Waals surface area contributed by atoms with E-state index in [0.717, 1.165) is 12.3 Å². The third-order valence-electron chi connectivity index (χ3n) is 3.05. The van der Waals surface area contributed by atoms with Gasteiger partial charge < -0.3 is 24.9 Å². The highest BCUT2D eigenvalue weighted by atomic mass is 16.5. The molecule has 2 aromatic rings. The van der Waals surface area contributed by atoms with Crippen molar-refractivity contribution in [3.8, 4) is 11.5 Å². The number of ether oxygens (including phenoxy) is 1. The highest BCUT2D eigenvalue weighted by Gasteiger charge is 2.04. The second kappa shape index (κ2) is 7.97. The van der Waals surface area contributed by atoms with E-state index in [9.17, 15) is 5.11 Å². The van der Waals surface area contributed by atoms with Gasteiger partial charge in [-0.3, -0.25) is 0 Å². The monoisotopic (exact) mass is 303 g/mol. The Morgan fingerprint density at radius 2 is 2.18 bits per heavy atom. The maximum atomic E-state index is 9.87. The molecule has 22 heavy (non-hydrogen) atoms. The van der Waals surface area contributed by atoms with Crippen molar-refractivity contribution in [3.63, 3.8) is 0 Å². The summed E-state index contributed by atoms with van der Waals surface area (Å²) in [6, 6.07) is 8.82. The molecular weight excluding hydrogens is 282 g/mol. The molecule has 118 valence electrons. The van der Waals surface area contributed by atoms with Crippen molar-refractivity contribution in [2.75, 3.05) is 13.7 Å². The van der Waals surface area contributed by atoms with Crippen LogP contribution in [-0.2, 0) is 13.1 Å². The summed E-state index contributed by atoms with van der Waals surface area (Å²) in [5, 5.41) is 16.2. The number of methoxy groups -OCH3 is 1. The Morgan fingerprint density at radius 1 is 1.32 bits per heavy atom. The van der Waals surface area contributed by atoms with Crippen LogP contribution in [-0.4, -0.2) is 24.7 Å². The molecule has 0 aliphatic carbocycles. The van der Waals surface area contributed by atoms with Crippen molar-refractivity contribution in [2.45, 2.75) is 20.0 Å². The van der Waals surface area contributed by atoms with Crippen LogP contribution in [0.1, 0.15) is 18.2 Å². The maximum Gasteiger partial charge on any atom is 0.191 e. The number of nitrogens with one attached hydrogen (secondary N) is 2. The summed E-state index contributed by atoms with van der Waals surface area (Å²) >= 11 is 0. The molecule has 0 unspecified atom stereocenters. The third-order valence-corrected chi connectivity index (χ3v) is 3.05. The summed E-state index contributed by atoms with van der Waals surface area (Å²) in [5.74, 6) is 2.37. The standard InChI is InChI=1S/C16H21N3O3/c1-3-17-16(19-11-14-5-4-8-22-14)18-10-12-9-13(21-2)6-7-15(12)20/h4-9,20H,3,10-11H2,1-2H3,(H2,17,18,19). The van der Waals surface area contributed by atoms with E-state index >= 15 is 0 Å². The lowest BCUT2D eigenvalue weighted by atomic mass is 10.2. The molecule has 0 atom stereocenters. The van der Waals surface area contributed by atoms with Crippen LogP contribution in [0.5, 0.6) is 11.5 Å². The van der Waals surface area contributed by atoms with Crippen LogP contribution in [0, 0.1) is 0 Å². The van der Waals surface area contributed by atoms with Crippen LogP contribution < -0.4 is 15.4 Å². The molecule has 0 saturated heterocycles. The van der Waals surface area contributed by atoms with Gasteiger partial charge in [0.25, 0.3) is 0 Å². The minimum absolute atomic E-state index is 0.200. The molecule has 6 nitrogen and oxygen atoms in total. The van der Waals surface area contributed by atoms with E-state index in [1.165, 1.54) is 0 Å². The molecule has 2 rings (SSSR count). The van der Waals surface area contributed by atoms with Crippen LogP contribution in [0.2, 0.25) is 0 Å². The average Bonchev–Trinajstić information content (AvgIpc) is 3.05. The molecule has 0 spiro atoms. The van der Waals surface area contributed by atoms with E-state index in [1.807, 2.05) is 19.1 Å². The van der Waals surface area contributed by atoms with Gasteiger partial charge in [0.1, 0.15) is 17.3 Å². The van der Waals surface area contributed by atoms with Gasteiger partial charge in [-0.2, -0.15) is 0 Å². The number of hydrogen-bond donors (Lipinski definition) is 3. The number of phenolic OH excluding ortho intramolecular Hbond substituents is 1. The zero-order chi connectivity index (χ0) is 15.8. The zero-order valence-corrected chi connectivity index (χ0v) is 12.8.